The first-order chi connectivity index (χ1) is 15.3. The molecule has 3 aromatic rings. The molecule has 0 spiro atoms. The van der Waals surface area contributed by atoms with E-state index in [1.165, 1.54) is 25.9 Å². The highest BCUT2D eigenvalue weighted by Crippen LogP contribution is 2.31. The molecule has 0 aromatic carbocycles. The van der Waals surface area contributed by atoms with E-state index in [2.05, 4.69) is 10.2 Å². The maximum atomic E-state index is 13.2. The Bertz CT molecular complexity index is 1250. The number of hydrogen-bond acceptors (Lipinski definition) is 9. The second-order valence-corrected chi connectivity index (χ2v) is 9.88. The van der Waals surface area contributed by atoms with Crippen molar-refractivity contribution < 1.29 is 9.53 Å². The van der Waals surface area contributed by atoms with E-state index in [0.29, 0.717) is 11.7 Å². The second kappa shape index (κ2) is 9.04. The number of nitrogens with two attached hydrogens (primary N) is 1. The van der Waals surface area contributed by atoms with Crippen molar-refractivity contribution in [3.05, 3.63) is 43.9 Å². The lowest BCUT2D eigenvalue weighted by Gasteiger charge is -2.17. The number of thioether (sulfide) groups is 1. The minimum atomic E-state index is -0.705. The summed E-state index contributed by atoms with van der Waals surface area (Å²) in [5.74, 6) is 0.110. The maximum Gasteiger partial charge on any atom is 0.332 e. The number of Topliss-reactive ketones (excluding diaryl/α,β-unsaturated/α-hetero) is 1. The summed E-state index contributed by atoms with van der Waals surface area (Å²) in [7, 11) is 2.75. The van der Waals surface area contributed by atoms with Crippen LogP contribution in [0.25, 0.3) is 10.7 Å². The number of carbonyl (C=O) groups is 1. The number of aromatic nitrogens is 5. The Labute approximate surface area is 192 Å². The zero-order valence-corrected chi connectivity index (χ0v) is 19.6. The molecule has 32 heavy (non-hydrogen) atoms. The molecular formula is C20H24N6O4S2. The first kappa shape index (κ1) is 22.5. The van der Waals surface area contributed by atoms with Gasteiger partial charge in [0.05, 0.1) is 22.8 Å². The maximum absolute atomic E-state index is 13.2. The van der Waals surface area contributed by atoms with Crippen LogP contribution in [0.15, 0.2) is 32.3 Å². The molecule has 0 bridgehead atoms. The van der Waals surface area contributed by atoms with Crippen molar-refractivity contribution in [1.29, 1.82) is 0 Å². The standard InChI is InChI=1S/C20H24N6O4S2/c1-11(15(27)14-16(21)24(2)20(29)25(3)18(14)28)32-19-23-22-17(13-7-5-9-31-13)26(19)10-12-6-4-8-30-12/h5,7,9,11-12H,4,6,8,10,21H2,1-3H3/t11-,12+/m1/s1. The summed E-state index contributed by atoms with van der Waals surface area (Å²) in [5, 5.41) is 10.5. The molecule has 3 aromatic heterocycles. The van der Waals surface area contributed by atoms with Gasteiger partial charge in [-0.05, 0) is 31.2 Å². The number of nitrogen functional groups attached to an aromatic ring is 1. The smallest absolute Gasteiger partial charge is 0.332 e. The number of rotatable bonds is 7. The van der Waals surface area contributed by atoms with Crippen molar-refractivity contribution in [1.82, 2.24) is 23.9 Å². The fourth-order valence-electron chi connectivity index (χ4n) is 3.63. The van der Waals surface area contributed by atoms with Crippen molar-refractivity contribution in [2.75, 3.05) is 12.3 Å². The lowest BCUT2D eigenvalue weighted by molar-refractivity contribution is 0.0953. The van der Waals surface area contributed by atoms with E-state index in [9.17, 15) is 14.4 Å². The van der Waals surface area contributed by atoms with Crippen molar-refractivity contribution in [2.24, 2.45) is 14.1 Å². The van der Waals surface area contributed by atoms with Crippen molar-refractivity contribution in [2.45, 2.75) is 42.8 Å². The number of ether oxygens (including phenoxy) is 1. The molecular weight excluding hydrogens is 452 g/mol. The van der Waals surface area contributed by atoms with Crippen molar-refractivity contribution in [3.63, 3.8) is 0 Å². The first-order valence-corrected chi connectivity index (χ1v) is 11.9. The molecule has 2 N–H and O–H groups in total. The summed E-state index contributed by atoms with van der Waals surface area (Å²) in [6.45, 7) is 2.99. The van der Waals surface area contributed by atoms with Gasteiger partial charge in [0.1, 0.15) is 11.4 Å². The summed E-state index contributed by atoms with van der Waals surface area (Å²) in [6.07, 6.45) is 2.01. The molecule has 4 heterocycles. The molecule has 1 fully saturated rings. The van der Waals surface area contributed by atoms with Gasteiger partial charge < -0.3 is 10.5 Å². The zero-order valence-electron chi connectivity index (χ0n) is 18.0. The highest BCUT2D eigenvalue weighted by molar-refractivity contribution is 8.00. The van der Waals surface area contributed by atoms with Crippen molar-refractivity contribution in [3.8, 4) is 10.7 Å². The lowest BCUT2D eigenvalue weighted by Crippen LogP contribution is -2.42. The molecule has 0 radical (unpaired) electrons. The van der Waals surface area contributed by atoms with Gasteiger partial charge in [0, 0.05) is 20.7 Å². The van der Waals surface area contributed by atoms with Crippen LogP contribution in [0.2, 0.25) is 0 Å². The van der Waals surface area contributed by atoms with E-state index in [1.807, 2.05) is 22.1 Å². The molecule has 4 rings (SSSR count). The number of hydrogen-bond donors (Lipinski definition) is 1. The zero-order chi connectivity index (χ0) is 23.0. The summed E-state index contributed by atoms with van der Waals surface area (Å²) < 4.78 is 9.76. The van der Waals surface area contributed by atoms with Crippen LogP contribution >= 0.6 is 23.1 Å². The fraction of sp³-hybridized carbons (Fsp3) is 0.450. The third-order valence-corrected chi connectivity index (χ3v) is 7.42. The molecule has 1 saturated heterocycles. The predicted molar refractivity (Wildman–Crippen MR) is 123 cm³/mol. The van der Waals surface area contributed by atoms with Crippen LogP contribution in [0.3, 0.4) is 0 Å². The largest absolute Gasteiger partial charge is 0.384 e. The van der Waals surface area contributed by atoms with Gasteiger partial charge in [-0.15, -0.1) is 21.5 Å². The number of ketones is 1. The fourth-order valence-corrected chi connectivity index (χ4v) is 5.26. The Kier molecular flexibility index (Phi) is 6.35. The van der Waals surface area contributed by atoms with Gasteiger partial charge >= 0.3 is 5.69 Å². The minimum Gasteiger partial charge on any atom is -0.384 e. The van der Waals surface area contributed by atoms with E-state index in [4.69, 9.17) is 10.5 Å². The molecule has 12 heteroatoms. The van der Waals surface area contributed by atoms with E-state index < -0.39 is 22.3 Å². The van der Waals surface area contributed by atoms with Gasteiger partial charge in [-0.3, -0.25) is 23.3 Å². The Morgan fingerprint density at radius 3 is 2.78 bits per heavy atom. The van der Waals surface area contributed by atoms with Gasteiger partial charge in [0.15, 0.2) is 16.8 Å². The van der Waals surface area contributed by atoms with Crippen LogP contribution in [-0.2, 0) is 25.4 Å². The Morgan fingerprint density at radius 1 is 1.34 bits per heavy atom. The summed E-state index contributed by atoms with van der Waals surface area (Å²) in [4.78, 5) is 38.8. The first-order valence-electron chi connectivity index (χ1n) is 10.1. The predicted octanol–water partition coefficient (Wildman–Crippen LogP) is 1.53. The molecule has 0 aliphatic carbocycles. The number of nitrogens with zero attached hydrogens (tertiary/aromatic N) is 5. The normalized spacial score (nSPS) is 17.0. The van der Waals surface area contributed by atoms with Gasteiger partial charge in [0.2, 0.25) is 0 Å². The van der Waals surface area contributed by atoms with Crippen molar-refractivity contribution >= 4 is 34.7 Å². The average molecular weight is 477 g/mol. The van der Waals surface area contributed by atoms with Crippen LogP contribution in [0, 0.1) is 0 Å². The topological polar surface area (TPSA) is 127 Å². The molecule has 10 nitrogen and oxygen atoms in total. The van der Waals surface area contributed by atoms with Gasteiger partial charge in [-0.25, -0.2) is 4.79 Å². The minimum absolute atomic E-state index is 0.0571. The van der Waals surface area contributed by atoms with E-state index in [0.717, 1.165) is 39.3 Å². The highest BCUT2D eigenvalue weighted by atomic mass is 32.2. The molecule has 0 saturated carbocycles. The Hall–Kier alpha value is -2.70. The lowest BCUT2D eigenvalue weighted by atomic mass is 10.1. The van der Waals surface area contributed by atoms with Crippen LogP contribution in [-0.4, -0.2) is 47.6 Å². The SMILES string of the molecule is C[C@@H](Sc1nnc(-c2cccs2)n1C[C@@H]1CCCO1)C(=O)c1c(N)n(C)c(=O)n(C)c1=O. The van der Waals surface area contributed by atoms with Gasteiger partial charge in [-0.1, -0.05) is 17.8 Å². The summed E-state index contributed by atoms with van der Waals surface area (Å²) in [6, 6.07) is 3.92. The second-order valence-electron chi connectivity index (χ2n) is 7.62. The quantitative estimate of drug-likeness (QED) is 0.402. The molecule has 0 amide bonds. The molecule has 0 unspecified atom stereocenters. The van der Waals surface area contributed by atoms with E-state index in [1.54, 1.807) is 18.3 Å². The number of anilines is 1. The van der Waals surface area contributed by atoms with Crippen LogP contribution in [0.1, 0.15) is 30.1 Å². The molecule has 1 aliphatic rings. The Morgan fingerprint density at radius 2 is 2.12 bits per heavy atom. The summed E-state index contributed by atoms with van der Waals surface area (Å²) in [5.41, 5.74) is 4.48. The average Bonchev–Trinajstić information content (AvgIpc) is 3.54. The van der Waals surface area contributed by atoms with E-state index in [-0.39, 0.29) is 17.5 Å². The monoisotopic (exact) mass is 476 g/mol. The molecule has 2 atom stereocenters. The molecule has 170 valence electrons. The van der Waals surface area contributed by atoms with Crippen LogP contribution in [0.4, 0.5) is 5.82 Å². The number of carbonyl (C=O) groups excluding carboxylic acids is 1. The molecule has 1 aliphatic heterocycles. The van der Waals surface area contributed by atoms with Crippen LogP contribution in [0.5, 0.6) is 0 Å². The third-order valence-electron chi connectivity index (χ3n) is 5.48. The number of thiophene rings is 1. The van der Waals surface area contributed by atoms with Gasteiger partial charge in [-0.2, -0.15) is 0 Å². The van der Waals surface area contributed by atoms with E-state index >= 15 is 0 Å². The third kappa shape index (κ3) is 4.05. The highest BCUT2D eigenvalue weighted by Gasteiger charge is 2.28. The van der Waals surface area contributed by atoms with Gasteiger partial charge in [0.25, 0.3) is 5.56 Å². The Balaban J connectivity index is 1.66. The van der Waals surface area contributed by atoms with Crippen LogP contribution < -0.4 is 17.0 Å². The summed E-state index contributed by atoms with van der Waals surface area (Å²) >= 11 is 2.76.